The number of rotatable bonds is 3. The van der Waals surface area contributed by atoms with E-state index in [1.807, 2.05) is 24.1 Å². The summed E-state index contributed by atoms with van der Waals surface area (Å²) in [6.45, 7) is 1.32. The molecule has 0 amide bonds. The Bertz CT molecular complexity index is 376. The third-order valence-corrected chi connectivity index (χ3v) is 3.13. The van der Waals surface area contributed by atoms with Crippen molar-refractivity contribution >= 4 is 6.29 Å². The zero-order valence-corrected chi connectivity index (χ0v) is 9.45. The molecule has 2 nitrogen and oxygen atoms in total. The highest BCUT2D eigenvalue weighted by molar-refractivity contribution is 5.74. The van der Waals surface area contributed by atoms with E-state index in [2.05, 4.69) is 0 Å². The Morgan fingerprint density at radius 1 is 1.44 bits per heavy atom. The molecule has 1 unspecified atom stereocenters. The molecule has 2 rings (SSSR count). The molecule has 1 heterocycles. The molecular formula is C13H16FNO. The van der Waals surface area contributed by atoms with Crippen LogP contribution in [-0.4, -0.2) is 37.0 Å². The quantitative estimate of drug-likeness (QED) is 0.728. The molecule has 3 heteroatoms. The number of halogens is 1. The summed E-state index contributed by atoms with van der Waals surface area (Å²) in [7, 11) is 1.94. The van der Waals surface area contributed by atoms with Crippen LogP contribution in [0.2, 0.25) is 0 Å². The van der Waals surface area contributed by atoms with Crippen molar-refractivity contribution in [1.82, 2.24) is 4.90 Å². The molecule has 0 aliphatic carbocycles. The lowest BCUT2D eigenvalue weighted by Gasteiger charge is -2.19. The molecule has 0 aromatic heterocycles. The van der Waals surface area contributed by atoms with Crippen LogP contribution in [-0.2, 0) is 6.42 Å². The molecule has 86 valence electrons. The summed E-state index contributed by atoms with van der Waals surface area (Å²) >= 11 is 0. The Balaban J connectivity index is 2.05. The molecule has 1 atom stereocenters. The minimum absolute atomic E-state index is 0.441. The first kappa shape index (κ1) is 11.3. The van der Waals surface area contributed by atoms with Crippen LogP contribution in [0.15, 0.2) is 24.3 Å². The summed E-state index contributed by atoms with van der Waals surface area (Å²) in [5.41, 5.74) is 0.501. The Morgan fingerprint density at radius 2 is 2.12 bits per heavy atom. The number of alkyl halides is 1. The minimum atomic E-state index is -1.10. The van der Waals surface area contributed by atoms with Crippen molar-refractivity contribution in [2.24, 2.45) is 0 Å². The van der Waals surface area contributed by atoms with Crippen molar-refractivity contribution in [2.45, 2.75) is 18.5 Å². The lowest BCUT2D eigenvalue weighted by atomic mass is 9.95. The Hall–Kier alpha value is -1.22. The fourth-order valence-electron chi connectivity index (χ4n) is 2.26. The molecule has 1 aliphatic rings. The third-order valence-electron chi connectivity index (χ3n) is 3.13. The number of hydrogen-bond acceptors (Lipinski definition) is 2. The summed E-state index contributed by atoms with van der Waals surface area (Å²) in [5, 5.41) is 0. The predicted octanol–water partition coefficient (Wildman–Crippen LogP) is 2.09. The fraction of sp³-hybridized carbons (Fsp3) is 0.462. The van der Waals surface area contributed by atoms with Crippen LogP contribution in [0.25, 0.3) is 0 Å². The van der Waals surface area contributed by atoms with Gasteiger partial charge in [-0.25, -0.2) is 4.39 Å². The molecule has 1 aromatic rings. The number of benzene rings is 1. The van der Waals surface area contributed by atoms with Gasteiger partial charge in [0.15, 0.2) is 0 Å². The summed E-state index contributed by atoms with van der Waals surface area (Å²) in [4.78, 5) is 12.5. The van der Waals surface area contributed by atoms with Gasteiger partial charge >= 0.3 is 0 Å². The van der Waals surface area contributed by atoms with Gasteiger partial charge in [0, 0.05) is 25.1 Å². The molecular weight excluding hydrogens is 205 g/mol. The van der Waals surface area contributed by atoms with Gasteiger partial charge in [-0.1, -0.05) is 24.3 Å². The average Bonchev–Trinajstić information content (AvgIpc) is 2.59. The number of aldehydes is 1. The van der Waals surface area contributed by atoms with E-state index in [4.69, 9.17) is 0 Å². The van der Waals surface area contributed by atoms with Crippen molar-refractivity contribution in [1.29, 1.82) is 0 Å². The second-order valence-corrected chi connectivity index (χ2v) is 4.67. The van der Waals surface area contributed by atoms with E-state index in [9.17, 15) is 9.18 Å². The summed E-state index contributed by atoms with van der Waals surface area (Å²) in [6.07, 6.45) is 1.84. The van der Waals surface area contributed by atoms with Crippen molar-refractivity contribution in [3.05, 3.63) is 35.4 Å². The van der Waals surface area contributed by atoms with Crippen LogP contribution in [0.3, 0.4) is 0 Å². The molecule has 1 aromatic carbocycles. The molecule has 0 N–H and O–H groups in total. The molecule has 16 heavy (non-hydrogen) atoms. The fourth-order valence-corrected chi connectivity index (χ4v) is 2.26. The third kappa shape index (κ3) is 2.47. The molecule has 1 saturated heterocycles. The molecule has 0 spiro atoms. The van der Waals surface area contributed by atoms with Crippen molar-refractivity contribution < 1.29 is 9.18 Å². The number of carbonyl (C=O) groups is 1. The van der Waals surface area contributed by atoms with Gasteiger partial charge < -0.3 is 4.90 Å². The second-order valence-electron chi connectivity index (χ2n) is 4.67. The van der Waals surface area contributed by atoms with Crippen LogP contribution in [0.1, 0.15) is 22.3 Å². The largest absolute Gasteiger partial charge is 0.303 e. The second kappa shape index (κ2) is 4.34. The van der Waals surface area contributed by atoms with E-state index in [-0.39, 0.29) is 0 Å². The summed E-state index contributed by atoms with van der Waals surface area (Å²) in [5.74, 6) is 0. The topological polar surface area (TPSA) is 20.3 Å². The monoisotopic (exact) mass is 221 g/mol. The van der Waals surface area contributed by atoms with Gasteiger partial charge in [0.2, 0.25) is 0 Å². The highest BCUT2D eigenvalue weighted by Gasteiger charge is 2.36. The number of carbonyl (C=O) groups excluding carboxylic acids is 1. The lowest BCUT2D eigenvalue weighted by molar-refractivity contribution is 0.112. The van der Waals surface area contributed by atoms with Crippen molar-refractivity contribution in [3.63, 3.8) is 0 Å². The maximum absolute atomic E-state index is 14.3. The highest BCUT2D eigenvalue weighted by Crippen LogP contribution is 2.28. The van der Waals surface area contributed by atoms with Gasteiger partial charge in [-0.15, -0.1) is 0 Å². The van der Waals surface area contributed by atoms with Gasteiger partial charge in [0.25, 0.3) is 0 Å². The van der Waals surface area contributed by atoms with Crippen molar-refractivity contribution in [2.75, 3.05) is 20.1 Å². The number of hydrogen-bond donors (Lipinski definition) is 0. The summed E-state index contributed by atoms with van der Waals surface area (Å²) in [6, 6.07) is 7.15. The lowest BCUT2D eigenvalue weighted by Crippen LogP contribution is -2.29. The highest BCUT2D eigenvalue weighted by atomic mass is 19.1. The van der Waals surface area contributed by atoms with E-state index < -0.39 is 5.67 Å². The molecule has 1 aliphatic heterocycles. The van der Waals surface area contributed by atoms with Gasteiger partial charge in [-0.3, -0.25) is 4.79 Å². The predicted molar refractivity (Wildman–Crippen MR) is 61.5 cm³/mol. The molecule has 0 radical (unpaired) electrons. The SMILES string of the molecule is CN1CCC(F)(Cc2ccc(C=O)cc2)C1. The van der Waals surface area contributed by atoms with Crippen LogP contribution in [0.4, 0.5) is 4.39 Å². The van der Waals surface area contributed by atoms with Crippen LogP contribution in [0.5, 0.6) is 0 Å². The molecule has 1 fully saturated rings. The zero-order valence-electron chi connectivity index (χ0n) is 9.45. The van der Waals surface area contributed by atoms with Gasteiger partial charge in [-0.05, 0) is 19.0 Å². The Morgan fingerprint density at radius 3 is 2.62 bits per heavy atom. The van der Waals surface area contributed by atoms with Gasteiger partial charge in [0.05, 0.1) is 0 Å². The van der Waals surface area contributed by atoms with E-state index in [0.29, 0.717) is 24.9 Å². The van der Waals surface area contributed by atoms with E-state index in [1.165, 1.54) is 0 Å². The van der Waals surface area contributed by atoms with Crippen molar-refractivity contribution in [3.8, 4) is 0 Å². The number of likely N-dealkylation sites (tertiary alicyclic amines) is 1. The maximum atomic E-state index is 14.3. The Kier molecular flexibility index (Phi) is 3.06. The zero-order chi connectivity index (χ0) is 11.6. The van der Waals surface area contributed by atoms with Crippen LogP contribution in [0, 0.1) is 0 Å². The minimum Gasteiger partial charge on any atom is -0.303 e. The maximum Gasteiger partial charge on any atom is 0.150 e. The number of nitrogens with zero attached hydrogens (tertiary/aromatic N) is 1. The molecule has 0 bridgehead atoms. The van der Waals surface area contributed by atoms with E-state index in [0.717, 1.165) is 18.4 Å². The average molecular weight is 221 g/mol. The van der Waals surface area contributed by atoms with Gasteiger partial charge in [-0.2, -0.15) is 0 Å². The van der Waals surface area contributed by atoms with Crippen LogP contribution >= 0.6 is 0 Å². The van der Waals surface area contributed by atoms with E-state index in [1.54, 1.807) is 12.1 Å². The van der Waals surface area contributed by atoms with E-state index >= 15 is 0 Å². The van der Waals surface area contributed by atoms with Gasteiger partial charge in [0.1, 0.15) is 12.0 Å². The standard InChI is InChI=1S/C13H16FNO/c1-15-7-6-13(14,10-15)8-11-2-4-12(9-16)5-3-11/h2-5,9H,6-8,10H2,1H3. The first-order valence-electron chi connectivity index (χ1n) is 5.53. The Labute approximate surface area is 95.1 Å². The summed E-state index contributed by atoms with van der Waals surface area (Å²) < 4.78 is 14.3. The molecule has 0 saturated carbocycles. The normalized spacial score (nSPS) is 25.9. The smallest absolute Gasteiger partial charge is 0.150 e. The van der Waals surface area contributed by atoms with Crippen LogP contribution < -0.4 is 0 Å². The first-order valence-corrected chi connectivity index (χ1v) is 5.53. The first-order chi connectivity index (χ1) is 7.61.